The highest BCUT2D eigenvalue weighted by Gasteiger charge is 2.54. The molecule has 0 aromatic heterocycles. The minimum Gasteiger partial charge on any atom is -0.455 e. The van der Waals surface area contributed by atoms with E-state index in [0.717, 1.165) is 44.1 Å². The standard InChI is InChI=1S/C29H36FNO4/c30-25-6-4-18(5-7-25)16-31(29-13-19-8-20(14-29)10-21(9-19)15-29)26(32)17-35-28(34)24-11-22-2-1-3-23(12-24)27(22)33/h4-7,19-24H,1-3,8-17H2/t19?,20?,21?,22-,23+,24?,29?. The highest BCUT2D eigenvalue weighted by molar-refractivity contribution is 5.88. The molecule has 6 saturated carbocycles. The lowest BCUT2D eigenvalue weighted by Crippen LogP contribution is -2.61. The van der Waals surface area contributed by atoms with Gasteiger partial charge in [0.05, 0.1) is 5.92 Å². The molecule has 0 spiro atoms. The van der Waals surface area contributed by atoms with Gasteiger partial charge >= 0.3 is 5.97 Å². The number of ether oxygens (including phenoxy) is 1. The molecule has 6 aliphatic carbocycles. The Hall–Kier alpha value is -2.24. The van der Waals surface area contributed by atoms with Gasteiger partial charge in [-0.1, -0.05) is 18.6 Å². The van der Waals surface area contributed by atoms with Gasteiger partial charge in [0.15, 0.2) is 6.61 Å². The van der Waals surface area contributed by atoms with Crippen LogP contribution in [0.25, 0.3) is 0 Å². The summed E-state index contributed by atoms with van der Waals surface area (Å²) in [6.45, 7) is 0.173. The van der Waals surface area contributed by atoms with Gasteiger partial charge in [0.2, 0.25) is 0 Å². The zero-order chi connectivity index (χ0) is 24.2. The van der Waals surface area contributed by atoms with Gasteiger partial charge in [-0.15, -0.1) is 0 Å². The van der Waals surface area contributed by atoms with E-state index >= 15 is 0 Å². The third-order valence-electron chi connectivity index (χ3n) is 9.85. The van der Waals surface area contributed by atoms with Crippen LogP contribution in [0.5, 0.6) is 0 Å². The summed E-state index contributed by atoms with van der Waals surface area (Å²) in [5.74, 6) is 1.28. The molecule has 6 aliphatic rings. The van der Waals surface area contributed by atoms with Gasteiger partial charge in [-0.25, -0.2) is 4.39 Å². The molecule has 0 heterocycles. The number of benzene rings is 1. The van der Waals surface area contributed by atoms with Crippen LogP contribution in [-0.2, 0) is 25.7 Å². The number of hydrogen-bond donors (Lipinski definition) is 0. The number of carbonyl (C=O) groups excluding carboxylic acids is 3. The molecule has 1 aromatic carbocycles. The van der Waals surface area contributed by atoms with Crippen molar-refractivity contribution in [2.75, 3.05) is 6.61 Å². The number of amides is 1. The molecular formula is C29H36FNO4. The summed E-state index contributed by atoms with van der Waals surface area (Å²) in [7, 11) is 0. The van der Waals surface area contributed by atoms with Crippen LogP contribution in [0.2, 0.25) is 0 Å². The number of ketones is 1. The number of esters is 1. The first kappa shape index (κ1) is 23.2. The lowest BCUT2D eigenvalue weighted by atomic mass is 9.52. The average molecular weight is 482 g/mol. The van der Waals surface area contributed by atoms with E-state index < -0.39 is 0 Å². The number of carbonyl (C=O) groups is 3. The van der Waals surface area contributed by atoms with Crippen molar-refractivity contribution in [3.63, 3.8) is 0 Å². The van der Waals surface area contributed by atoms with E-state index in [1.54, 1.807) is 12.1 Å². The largest absolute Gasteiger partial charge is 0.455 e. The fourth-order valence-corrected chi connectivity index (χ4v) is 8.69. The fraction of sp³-hybridized carbons (Fsp3) is 0.690. The van der Waals surface area contributed by atoms with E-state index in [4.69, 9.17) is 4.74 Å². The van der Waals surface area contributed by atoms with Gasteiger partial charge in [-0.2, -0.15) is 0 Å². The minimum absolute atomic E-state index is 0.0160. The molecule has 0 aliphatic heterocycles. The molecule has 6 bridgehead atoms. The van der Waals surface area contributed by atoms with Gasteiger partial charge in [0, 0.05) is 23.9 Å². The Labute approximate surface area is 206 Å². The van der Waals surface area contributed by atoms with E-state index in [9.17, 15) is 18.8 Å². The molecule has 188 valence electrons. The van der Waals surface area contributed by atoms with Crippen LogP contribution in [0, 0.1) is 41.3 Å². The first-order valence-corrected chi connectivity index (χ1v) is 13.6. The smallest absolute Gasteiger partial charge is 0.309 e. The summed E-state index contributed by atoms with van der Waals surface area (Å²) in [5.41, 5.74) is 0.724. The van der Waals surface area contributed by atoms with Gasteiger partial charge < -0.3 is 9.64 Å². The topological polar surface area (TPSA) is 63.7 Å². The number of hydrogen-bond acceptors (Lipinski definition) is 4. The van der Waals surface area contributed by atoms with Crippen LogP contribution in [-0.4, -0.2) is 34.7 Å². The number of halogens is 1. The van der Waals surface area contributed by atoms with Gasteiger partial charge in [0.1, 0.15) is 11.6 Å². The van der Waals surface area contributed by atoms with Crippen LogP contribution in [0.3, 0.4) is 0 Å². The number of Topliss-reactive ketones (excluding diaryl/α,β-unsaturated/α-hetero) is 1. The van der Waals surface area contributed by atoms with Crippen LogP contribution in [0.15, 0.2) is 24.3 Å². The molecule has 1 unspecified atom stereocenters. The van der Waals surface area contributed by atoms with Crippen molar-refractivity contribution in [3.8, 4) is 0 Å². The van der Waals surface area contributed by atoms with Crippen molar-refractivity contribution < 1.29 is 23.5 Å². The maximum atomic E-state index is 13.7. The lowest BCUT2D eigenvalue weighted by molar-refractivity contribution is -0.167. The van der Waals surface area contributed by atoms with E-state index in [2.05, 4.69) is 0 Å². The van der Waals surface area contributed by atoms with E-state index in [0.29, 0.717) is 42.9 Å². The van der Waals surface area contributed by atoms with Gasteiger partial charge in [0.25, 0.3) is 5.91 Å². The van der Waals surface area contributed by atoms with E-state index in [-0.39, 0.29) is 47.6 Å². The number of fused-ring (bicyclic) bond motifs is 2. The van der Waals surface area contributed by atoms with Crippen molar-refractivity contribution in [3.05, 3.63) is 35.6 Å². The summed E-state index contributed by atoms with van der Waals surface area (Å²) >= 11 is 0. The highest BCUT2D eigenvalue weighted by Crippen LogP contribution is 2.58. The lowest BCUT2D eigenvalue weighted by Gasteiger charge is -2.60. The second-order valence-electron chi connectivity index (χ2n) is 12.3. The van der Waals surface area contributed by atoms with Crippen LogP contribution < -0.4 is 0 Å². The van der Waals surface area contributed by atoms with Gasteiger partial charge in [-0.3, -0.25) is 14.4 Å². The Bertz CT molecular complexity index is 953. The molecule has 5 nitrogen and oxygen atoms in total. The zero-order valence-corrected chi connectivity index (χ0v) is 20.4. The van der Waals surface area contributed by atoms with E-state index in [1.807, 2.05) is 4.90 Å². The maximum absolute atomic E-state index is 13.7. The third kappa shape index (κ3) is 4.42. The predicted octanol–water partition coefficient (Wildman–Crippen LogP) is 5.06. The van der Waals surface area contributed by atoms with Crippen molar-refractivity contribution in [1.29, 1.82) is 0 Å². The number of nitrogens with zero attached hydrogens (tertiary/aromatic N) is 1. The van der Waals surface area contributed by atoms with E-state index in [1.165, 1.54) is 31.4 Å². The second-order valence-corrected chi connectivity index (χ2v) is 12.3. The Kier molecular flexibility index (Phi) is 5.96. The van der Waals surface area contributed by atoms with Crippen molar-refractivity contribution in [2.45, 2.75) is 82.7 Å². The molecule has 1 aromatic rings. The minimum atomic E-state index is -0.324. The monoisotopic (exact) mass is 481 g/mol. The summed E-state index contributed by atoms with van der Waals surface area (Å²) in [6, 6.07) is 6.39. The van der Waals surface area contributed by atoms with Gasteiger partial charge in [-0.05, 0) is 99.7 Å². The van der Waals surface area contributed by atoms with Crippen molar-refractivity contribution in [1.82, 2.24) is 4.90 Å². The SMILES string of the molecule is O=C(OCC(=O)N(Cc1ccc(F)cc1)C12CC3CC(CC(C3)C1)C2)C1C[C@H]2CCC[C@@H](C1)C2=O. The predicted molar refractivity (Wildman–Crippen MR) is 127 cm³/mol. The molecule has 6 heteroatoms. The summed E-state index contributed by atoms with van der Waals surface area (Å²) in [4.78, 5) is 41.0. The van der Waals surface area contributed by atoms with Crippen LogP contribution in [0.1, 0.15) is 76.2 Å². The molecule has 1 amide bonds. The molecule has 3 atom stereocenters. The average Bonchev–Trinajstić information content (AvgIpc) is 2.81. The van der Waals surface area contributed by atoms with Crippen molar-refractivity contribution in [2.24, 2.45) is 35.5 Å². The maximum Gasteiger partial charge on any atom is 0.309 e. The Balaban J connectivity index is 1.17. The Morgan fingerprint density at radius 1 is 0.914 bits per heavy atom. The zero-order valence-electron chi connectivity index (χ0n) is 20.4. The van der Waals surface area contributed by atoms with Crippen LogP contribution in [0.4, 0.5) is 4.39 Å². The second kappa shape index (κ2) is 9.01. The third-order valence-corrected chi connectivity index (χ3v) is 9.85. The normalized spacial score (nSPS) is 37.2. The molecule has 0 saturated heterocycles. The van der Waals surface area contributed by atoms with Crippen LogP contribution >= 0.6 is 0 Å². The molecule has 0 radical (unpaired) electrons. The number of rotatable bonds is 6. The first-order chi connectivity index (χ1) is 16.9. The molecule has 0 N–H and O–H groups in total. The highest BCUT2D eigenvalue weighted by atomic mass is 19.1. The molecule has 6 fully saturated rings. The quantitative estimate of drug-likeness (QED) is 0.533. The Morgan fingerprint density at radius 2 is 1.49 bits per heavy atom. The molecule has 35 heavy (non-hydrogen) atoms. The Morgan fingerprint density at radius 3 is 2.06 bits per heavy atom. The first-order valence-electron chi connectivity index (χ1n) is 13.6. The fourth-order valence-electron chi connectivity index (χ4n) is 8.69. The molecular weight excluding hydrogens is 445 g/mol. The molecule has 7 rings (SSSR count). The summed E-state index contributed by atoms with van der Waals surface area (Å²) in [5, 5.41) is 0. The summed E-state index contributed by atoms with van der Waals surface area (Å²) in [6.07, 6.45) is 10.8. The van der Waals surface area contributed by atoms with Crippen molar-refractivity contribution >= 4 is 17.7 Å². The summed E-state index contributed by atoms with van der Waals surface area (Å²) < 4.78 is 19.2.